The second-order valence-corrected chi connectivity index (χ2v) is 13.8. The Balaban J connectivity index is 1.15. The summed E-state index contributed by atoms with van der Waals surface area (Å²) in [5, 5.41) is 8.46. The van der Waals surface area contributed by atoms with Crippen LogP contribution in [-0.2, 0) is 15.6 Å². The van der Waals surface area contributed by atoms with Crippen LogP contribution in [0.1, 0.15) is 70.0 Å². The molecule has 5 rings (SSSR count). The van der Waals surface area contributed by atoms with Crippen molar-refractivity contribution in [1.82, 2.24) is 9.78 Å². The molecule has 48 heavy (non-hydrogen) atoms. The topological polar surface area (TPSA) is 114 Å². The van der Waals surface area contributed by atoms with Crippen LogP contribution in [0.5, 0.6) is 17.2 Å². The Morgan fingerprint density at radius 2 is 1.19 bits per heavy atom. The van der Waals surface area contributed by atoms with Crippen molar-refractivity contribution < 1.29 is 19.1 Å². The fraction of sp³-hybridized carbons (Fsp3) is 0.256. The molecule has 0 saturated heterocycles. The monoisotopic (exact) mass is 646 g/mol. The van der Waals surface area contributed by atoms with Gasteiger partial charge in [-0.1, -0.05) is 65.8 Å². The summed E-state index contributed by atoms with van der Waals surface area (Å²) in [6.07, 6.45) is -0.733. The molecule has 0 bridgehead atoms. The van der Waals surface area contributed by atoms with Crippen molar-refractivity contribution in [3.8, 4) is 22.9 Å². The lowest BCUT2D eigenvalue weighted by Gasteiger charge is -2.20. The Bertz CT molecular complexity index is 1930. The van der Waals surface area contributed by atoms with E-state index in [1.54, 1.807) is 55.5 Å². The third kappa shape index (κ3) is 8.41. The zero-order chi connectivity index (χ0) is 34.6. The van der Waals surface area contributed by atoms with Crippen LogP contribution >= 0.6 is 0 Å². The summed E-state index contributed by atoms with van der Waals surface area (Å²) >= 11 is 0. The van der Waals surface area contributed by atoms with Gasteiger partial charge in [-0.25, -0.2) is 4.68 Å². The first-order valence-electron chi connectivity index (χ1n) is 15.9. The molecule has 5 aromatic rings. The third-order valence-corrected chi connectivity index (χ3v) is 7.84. The number of amides is 2. The molecule has 0 aliphatic heterocycles. The molecule has 0 saturated carbocycles. The molecule has 248 valence electrons. The number of anilines is 2. The van der Waals surface area contributed by atoms with Crippen LogP contribution in [0.25, 0.3) is 5.69 Å². The zero-order valence-corrected chi connectivity index (χ0v) is 28.4. The molecule has 1 aromatic heterocycles. The van der Waals surface area contributed by atoms with Crippen LogP contribution in [-0.4, -0.2) is 27.7 Å². The highest BCUT2D eigenvalue weighted by atomic mass is 16.5. The fourth-order valence-corrected chi connectivity index (χ4v) is 4.91. The van der Waals surface area contributed by atoms with E-state index in [1.807, 2.05) is 36.4 Å². The van der Waals surface area contributed by atoms with Crippen LogP contribution in [0, 0.1) is 0 Å². The van der Waals surface area contributed by atoms with Crippen molar-refractivity contribution >= 4 is 23.3 Å². The quantitative estimate of drug-likeness (QED) is 0.149. The smallest absolute Gasteiger partial charge is 0.273 e. The van der Waals surface area contributed by atoms with E-state index in [2.05, 4.69) is 69.4 Å². The third-order valence-electron chi connectivity index (χ3n) is 7.84. The lowest BCUT2D eigenvalue weighted by atomic mass is 9.87. The first-order valence-corrected chi connectivity index (χ1v) is 15.9. The maximum Gasteiger partial charge on any atom is 0.273 e. The van der Waals surface area contributed by atoms with Gasteiger partial charge in [0.2, 0.25) is 0 Å². The molecule has 2 amide bonds. The second-order valence-electron chi connectivity index (χ2n) is 13.8. The van der Waals surface area contributed by atoms with E-state index < -0.39 is 12.0 Å². The molecule has 0 radical (unpaired) electrons. The minimum Gasteiger partial charge on any atom is -0.481 e. The molecule has 9 nitrogen and oxygen atoms in total. The highest BCUT2D eigenvalue weighted by molar-refractivity contribution is 6.04. The minimum absolute atomic E-state index is 0.0246. The van der Waals surface area contributed by atoms with Gasteiger partial charge in [0.1, 0.15) is 23.1 Å². The summed E-state index contributed by atoms with van der Waals surface area (Å²) in [4.78, 5) is 38.4. The summed E-state index contributed by atoms with van der Waals surface area (Å²) in [7, 11) is 0. The van der Waals surface area contributed by atoms with Gasteiger partial charge in [-0.05, 0) is 102 Å². The number of ether oxygens (including phenoxy) is 2. The highest BCUT2D eigenvalue weighted by Gasteiger charge is 2.18. The van der Waals surface area contributed by atoms with Crippen molar-refractivity contribution in [1.29, 1.82) is 0 Å². The number of nitrogens with one attached hydrogen (secondary N) is 3. The Labute approximate surface area is 280 Å². The summed E-state index contributed by atoms with van der Waals surface area (Å²) in [5.74, 6) is 1.45. The van der Waals surface area contributed by atoms with Gasteiger partial charge in [-0.2, -0.15) is 0 Å². The first kappa shape index (κ1) is 33.8. The summed E-state index contributed by atoms with van der Waals surface area (Å²) in [5.41, 5.74) is 3.58. The Morgan fingerprint density at radius 3 is 1.71 bits per heavy atom. The predicted molar refractivity (Wildman–Crippen MR) is 190 cm³/mol. The number of nitrogens with zero attached hydrogens (tertiary/aromatic N) is 1. The standard InChI is InChI=1S/C39H42N4O5/c1-25(47-31-18-10-27(11-19-31)38(2,3)4)36(45)40-29-14-8-26(9-15-29)37(46)41-34-24-35(44)43(42-34)30-16-22-33(23-17-30)48-32-20-12-28(13-21-32)39(5,6)7/h8-25,42H,1-7H3,(H,40,45)(H,41,46). The number of benzene rings is 4. The van der Waals surface area contributed by atoms with Gasteiger partial charge >= 0.3 is 0 Å². The van der Waals surface area contributed by atoms with Crippen LogP contribution in [0.2, 0.25) is 0 Å². The van der Waals surface area contributed by atoms with E-state index in [-0.39, 0.29) is 28.1 Å². The van der Waals surface area contributed by atoms with Crippen molar-refractivity contribution in [2.75, 3.05) is 10.6 Å². The molecule has 1 atom stereocenters. The molecular weight excluding hydrogens is 604 g/mol. The zero-order valence-electron chi connectivity index (χ0n) is 28.4. The van der Waals surface area contributed by atoms with Crippen LogP contribution in [0.4, 0.5) is 11.5 Å². The second kappa shape index (κ2) is 13.7. The van der Waals surface area contributed by atoms with Gasteiger partial charge in [-0.15, -0.1) is 0 Å². The van der Waals surface area contributed by atoms with Gasteiger partial charge in [0.05, 0.1) is 5.69 Å². The lowest BCUT2D eigenvalue weighted by molar-refractivity contribution is -0.122. The van der Waals surface area contributed by atoms with E-state index >= 15 is 0 Å². The molecule has 0 aliphatic carbocycles. The van der Waals surface area contributed by atoms with Gasteiger partial charge in [0.15, 0.2) is 6.10 Å². The number of rotatable bonds is 9. The van der Waals surface area contributed by atoms with E-state index in [4.69, 9.17) is 9.47 Å². The van der Waals surface area contributed by atoms with Gasteiger partial charge in [0.25, 0.3) is 17.4 Å². The average Bonchev–Trinajstić information content (AvgIpc) is 3.40. The average molecular weight is 647 g/mol. The van der Waals surface area contributed by atoms with Crippen molar-refractivity contribution in [3.05, 3.63) is 130 Å². The molecule has 9 heteroatoms. The maximum absolute atomic E-state index is 12.9. The van der Waals surface area contributed by atoms with E-state index in [0.717, 1.165) is 5.75 Å². The molecule has 0 fully saturated rings. The summed E-state index contributed by atoms with van der Waals surface area (Å²) < 4.78 is 13.1. The van der Waals surface area contributed by atoms with Crippen LogP contribution < -0.4 is 25.7 Å². The molecular formula is C39H42N4O5. The van der Waals surface area contributed by atoms with E-state index in [1.165, 1.54) is 21.9 Å². The summed E-state index contributed by atoms with van der Waals surface area (Å²) in [6.45, 7) is 14.6. The maximum atomic E-state index is 12.9. The van der Waals surface area contributed by atoms with Crippen LogP contribution in [0.3, 0.4) is 0 Å². The molecule has 0 spiro atoms. The van der Waals surface area contributed by atoms with E-state index in [0.29, 0.717) is 28.4 Å². The van der Waals surface area contributed by atoms with Gasteiger partial charge in [0, 0.05) is 17.3 Å². The first-order chi connectivity index (χ1) is 22.7. The molecule has 1 heterocycles. The Hall–Kier alpha value is -5.57. The molecule has 0 aliphatic rings. The molecule has 3 N–H and O–H groups in total. The van der Waals surface area contributed by atoms with Crippen LogP contribution in [0.15, 0.2) is 108 Å². The number of carbonyl (C=O) groups excluding carboxylic acids is 2. The number of H-pyrrole nitrogens is 1. The predicted octanol–water partition coefficient (Wildman–Crippen LogP) is 8.21. The minimum atomic E-state index is -0.733. The lowest BCUT2D eigenvalue weighted by Crippen LogP contribution is -2.30. The van der Waals surface area contributed by atoms with Crippen molar-refractivity contribution in [2.24, 2.45) is 0 Å². The number of carbonyl (C=O) groups is 2. The number of aromatic nitrogens is 2. The number of hydrogen-bond donors (Lipinski definition) is 3. The van der Waals surface area contributed by atoms with Crippen molar-refractivity contribution in [2.45, 2.75) is 65.4 Å². The number of hydrogen-bond acceptors (Lipinski definition) is 5. The highest BCUT2D eigenvalue weighted by Crippen LogP contribution is 2.28. The largest absolute Gasteiger partial charge is 0.481 e. The van der Waals surface area contributed by atoms with Crippen molar-refractivity contribution in [3.63, 3.8) is 0 Å². The Morgan fingerprint density at radius 1 is 0.688 bits per heavy atom. The fourth-order valence-electron chi connectivity index (χ4n) is 4.91. The van der Waals surface area contributed by atoms with E-state index in [9.17, 15) is 14.4 Å². The SMILES string of the molecule is CC(Oc1ccc(C(C)(C)C)cc1)C(=O)Nc1ccc(C(=O)Nc2cc(=O)n(-c3ccc(Oc4ccc(C(C)(C)C)cc4)cc3)[nH]2)cc1. The molecule has 4 aromatic carbocycles. The van der Waals surface area contributed by atoms with Gasteiger partial charge < -0.3 is 20.1 Å². The Kier molecular flexibility index (Phi) is 9.61. The summed E-state index contributed by atoms with van der Waals surface area (Å²) in [6, 6.07) is 30.5. The van der Waals surface area contributed by atoms with Gasteiger partial charge in [-0.3, -0.25) is 19.5 Å². The normalized spacial score (nSPS) is 12.2. The number of aromatic amines is 1. The molecule has 1 unspecified atom stereocenters.